The highest BCUT2D eigenvalue weighted by Crippen LogP contribution is 2.48. The van der Waals surface area contributed by atoms with Gasteiger partial charge in [0.1, 0.15) is 0 Å². The number of nitrogens with two attached hydrogens (primary N) is 1. The van der Waals surface area contributed by atoms with E-state index in [0.29, 0.717) is 6.04 Å². The number of allylic oxidation sites excluding steroid dienone is 2. The predicted molar refractivity (Wildman–Crippen MR) is 65.6 cm³/mol. The van der Waals surface area contributed by atoms with Crippen molar-refractivity contribution in [3.8, 4) is 0 Å². The molecule has 2 N–H and O–H groups in total. The van der Waals surface area contributed by atoms with Crippen molar-refractivity contribution in [3.05, 3.63) is 12.2 Å². The standard InChI is InChI=1S/C14H25N/c1-2-3-4-5-6-7-13-11-8-9-12(10-11)14(13)15/h5-6,11-14H,2-4,7-10,15H2,1H3/b6-5-/t11-,12?,13+,14+/m1/s1. The second kappa shape index (κ2) is 5.16. The van der Waals surface area contributed by atoms with Crippen LogP contribution in [0.2, 0.25) is 0 Å². The third-order valence-electron chi connectivity index (χ3n) is 4.46. The smallest absolute Gasteiger partial charge is 0.0101 e. The Kier molecular flexibility index (Phi) is 3.85. The van der Waals surface area contributed by atoms with Gasteiger partial charge in [-0.25, -0.2) is 0 Å². The molecule has 0 radical (unpaired) electrons. The van der Waals surface area contributed by atoms with E-state index in [4.69, 9.17) is 5.73 Å². The van der Waals surface area contributed by atoms with Crippen LogP contribution in [0.3, 0.4) is 0 Å². The summed E-state index contributed by atoms with van der Waals surface area (Å²) in [6.45, 7) is 2.25. The lowest BCUT2D eigenvalue weighted by Gasteiger charge is -2.27. The highest BCUT2D eigenvalue weighted by atomic mass is 14.7. The Morgan fingerprint density at radius 3 is 2.67 bits per heavy atom. The quantitative estimate of drug-likeness (QED) is 0.542. The van der Waals surface area contributed by atoms with Crippen LogP contribution in [0.15, 0.2) is 12.2 Å². The van der Waals surface area contributed by atoms with Crippen molar-refractivity contribution in [1.29, 1.82) is 0 Å². The first-order valence-electron chi connectivity index (χ1n) is 6.73. The molecule has 0 aromatic rings. The van der Waals surface area contributed by atoms with Crippen molar-refractivity contribution in [2.75, 3.05) is 0 Å². The van der Waals surface area contributed by atoms with Gasteiger partial charge in [-0.15, -0.1) is 0 Å². The van der Waals surface area contributed by atoms with E-state index in [0.717, 1.165) is 17.8 Å². The first-order valence-corrected chi connectivity index (χ1v) is 6.73. The van der Waals surface area contributed by atoms with Crippen molar-refractivity contribution < 1.29 is 0 Å². The monoisotopic (exact) mass is 207 g/mol. The van der Waals surface area contributed by atoms with Gasteiger partial charge in [-0.05, 0) is 49.9 Å². The fraction of sp³-hybridized carbons (Fsp3) is 0.857. The minimum Gasteiger partial charge on any atom is -0.327 e. The molecule has 0 heterocycles. The molecule has 1 nitrogen and oxygen atoms in total. The Bertz CT molecular complexity index is 219. The van der Waals surface area contributed by atoms with Gasteiger partial charge in [-0.2, -0.15) is 0 Å². The van der Waals surface area contributed by atoms with Gasteiger partial charge in [0.25, 0.3) is 0 Å². The van der Waals surface area contributed by atoms with E-state index in [1.165, 1.54) is 44.9 Å². The molecule has 0 spiro atoms. The minimum absolute atomic E-state index is 0.513. The molecule has 0 aromatic heterocycles. The molecule has 2 fully saturated rings. The maximum absolute atomic E-state index is 6.27. The molecule has 1 unspecified atom stereocenters. The molecule has 2 bridgehead atoms. The Hall–Kier alpha value is -0.300. The van der Waals surface area contributed by atoms with Crippen LogP contribution in [0.4, 0.5) is 0 Å². The maximum atomic E-state index is 6.27. The maximum Gasteiger partial charge on any atom is 0.0101 e. The van der Waals surface area contributed by atoms with E-state index in [-0.39, 0.29) is 0 Å². The second-order valence-corrected chi connectivity index (χ2v) is 5.42. The summed E-state index contributed by atoms with van der Waals surface area (Å²) in [4.78, 5) is 0. The van der Waals surface area contributed by atoms with Gasteiger partial charge < -0.3 is 5.73 Å². The number of hydrogen-bond acceptors (Lipinski definition) is 1. The topological polar surface area (TPSA) is 26.0 Å². The Morgan fingerprint density at radius 2 is 2.00 bits per heavy atom. The molecule has 0 saturated heterocycles. The Morgan fingerprint density at radius 1 is 1.20 bits per heavy atom. The number of unbranched alkanes of at least 4 members (excludes halogenated alkanes) is 2. The number of rotatable bonds is 5. The lowest BCUT2D eigenvalue weighted by atomic mass is 9.83. The molecule has 15 heavy (non-hydrogen) atoms. The van der Waals surface area contributed by atoms with Crippen LogP contribution in [0.25, 0.3) is 0 Å². The van der Waals surface area contributed by atoms with E-state index in [9.17, 15) is 0 Å². The molecule has 2 rings (SSSR count). The lowest BCUT2D eigenvalue weighted by Crippen LogP contribution is -2.35. The van der Waals surface area contributed by atoms with E-state index < -0.39 is 0 Å². The highest BCUT2D eigenvalue weighted by Gasteiger charge is 2.44. The van der Waals surface area contributed by atoms with Gasteiger partial charge in [0, 0.05) is 6.04 Å². The molecule has 86 valence electrons. The molecule has 2 aliphatic carbocycles. The summed E-state index contributed by atoms with van der Waals surface area (Å²) in [5, 5.41) is 0. The second-order valence-electron chi connectivity index (χ2n) is 5.42. The van der Waals surface area contributed by atoms with Gasteiger partial charge in [-0.1, -0.05) is 31.9 Å². The summed E-state index contributed by atoms with van der Waals surface area (Å²) in [6, 6.07) is 0.513. The molecular formula is C14H25N. The minimum atomic E-state index is 0.513. The van der Waals surface area contributed by atoms with Gasteiger partial charge >= 0.3 is 0 Å². The van der Waals surface area contributed by atoms with Crippen molar-refractivity contribution in [1.82, 2.24) is 0 Å². The molecular weight excluding hydrogens is 182 g/mol. The summed E-state index contributed by atoms with van der Waals surface area (Å²) < 4.78 is 0. The average Bonchev–Trinajstić information content (AvgIpc) is 2.80. The highest BCUT2D eigenvalue weighted by molar-refractivity contribution is 5.01. The van der Waals surface area contributed by atoms with E-state index >= 15 is 0 Å². The largest absolute Gasteiger partial charge is 0.327 e. The summed E-state index contributed by atoms with van der Waals surface area (Å²) in [5.74, 6) is 2.63. The average molecular weight is 207 g/mol. The Labute approximate surface area is 94.1 Å². The molecule has 4 atom stereocenters. The zero-order chi connectivity index (χ0) is 10.7. The summed E-state index contributed by atoms with van der Waals surface area (Å²) in [6.07, 6.45) is 14.2. The SMILES string of the molecule is CCCC/C=C\C[C@H]1[C@@H]2CCC(C2)[C@@H]1N. The number of fused-ring (bicyclic) bond motifs is 2. The first-order chi connectivity index (χ1) is 7.33. The van der Waals surface area contributed by atoms with Crippen molar-refractivity contribution in [3.63, 3.8) is 0 Å². The van der Waals surface area contributed by atoms with Gasteiger partial charge in [0.05, 0.1) is 0 Å². The van der Waals surface area contributed by atoms with Gasteiger partial charge in [-0.3, -0.25) is 0 Å². The molecule has 0 aromatic carbocycles. The third-order valence-corrected chi connectivity index (χ3v) is 4.46. The first kappa shape index (κ1) is 11.2. The summed E-state index contributed by atoms with van der Waals surface area (Å²) >= 11 is 0. The van der Waals surface area contributed by atoms with Crippen LogP contribution in [-0.2, 0) is 0 Å². The zero-order valence-electron chi connectivity index (χ0n) is 9.99. The fourth-order valence-corrected chi connectivity index (χ4v) is 3.50. The summed E-state index contributed by atoms with van der Waals surface area (Å²) in [7, 11) is 0. The molecule has 2 aliphatic rings. The molecule has 0 aliphatic heterocycles. The molecule has 1 heteroatoms. The third kappa shape index (κ3) is 2.44. The van der Waals surface area contributed by atoms with E-state index in [1.54, 1.807) is 0 Å². The van der Waals surface area contributed by atoms with Crippen LogP contribution in [0.1, 0.15) is 51.9 Å². The van der Waals surface area contributed by atoms with Crippen LogP contribution < -0.4 is 5.73 Å². The molecule has 0 amide bonds. The predicted octanol–water partition coefficient (Wildman–Crippen LogP) is 3.50. The van der Waals surface area contributed by atoms with Crippen molar-refractivity contribution in [2.24, 2.45) is 23.5 Å². The van der Waals surface area contributed by atoms with E-state index in [2.05, 4.69) is 19.1 Å². The van der Waals surface area contributed by atoms with E-state index in [1.807, 2.05) is 0 Å². The number of hydrogen-bond donors (Lipinski definition) is 1. The zero-order valence-corrected chi connectivity index (χ0v) is 9.99. The van der Waals surface area contributed by atoms with Gasteiger partial charge in [0.2, 0.25) is 0 Å². The van der Waals surface area contributed by atoms with Crippen LogP contribution in [0.5, 0.6) is 0 Å². The van der Waals surface area contributed by atoms with Crippen LogP contribution in [0, 0.1) is 17.8 Å². The lowest BCUT2D eigenvalue weighted by molar-refractivity contribution is 0.291. The van der Waals surface area contributed by atoms with Gasteiger partial charge in [0.15, 0.2) is 0 Å². The van der Waals surface area contributed by atoms with Crippen molar-refractivity contribution in [2.45, 2.75) is 57.9 Å². The van der Waals surface area contributed by atoms with Crippen molar-refractivity contribution >= 4 is 0 Å². The summed E-state index contributed by atoms with van der Waals surface area (Å²) in [5.41, 5.74) is 6.27. The molecule has 2 saturated carbocycles. The van der Waals surface area contributed by atoms with Crippen LogP contribution >= 0.6 is 0 Å². The normalized spacial score (nSPS) is 39.3. The fourth-order valence-electron chi connectivity index (χ4n) is 3.50. The Balaban J connectivity index is 1.73. The van der Waals surface area contributed by atoms with Crippen LogP contribution in [-0.4, -0.2) is 6.04 Å².